The molecular weight excluding hydrogens is 288 g/mol. The van der Waals surface area contributed by atoms with Crippen LogP contribution in [0.5, 0.6) is 0 Å². The third kappa shape index (κ3) is 4.32. The van der Waals surface area contributed by atoms with Crippen LogP contribution in [0.25, 0.3) is 0 Å². The molecule has 0 saturated heterocycles. The Morgan fingerprint density at radius 2 is 2.18 bits per heavy atom. The standard InChI is InChI=1S/C11H15BrN2O3/c1-11(2,7-15)13-9(16)6-14-5-8(12)3-4-10(14)17/h3-5,15H,6-7H2,1-2H3,(H,13,16). The number of rotatable bonds is 4. The van der Waals surface area contributed by atoms with E-state index in [0.717, 1.165) is 4.47 Å². The van der Waals surface area contributed by atoms with Gasteiger partial charge in [-0.1, -0.05) is 0 Å². The smallest absolute Gasteiger partial charge is 0.251 e. The van der Waals surface area contributed by atoms with Crippen molar-refractivity contribution < 1.29 is 9.90 Å². The maximum absolute atomic E-state index is 11.7. The number of nitrogens with one attached hydrogen (secondary N) is 1. The highest BCUT2D eigenvalue weighted by Gasteiger charge is 2.19. The van der Waals surface area contributed by atoms with Gasteiger partial charge in [-0.05, 0) is 35.8 Å². The van der Waals surface area contributed by atoms with E-state index in [1.165, 1.54) is 10.6 Å². The molecule has 2 N–H and O–H groups in total. The Morgan fingerprint density at radius 3 is 2.76 bits per heavy atom. The predicted molar refractivity (Wildman–Crippen MR) is 67.7 cm³/mol. The summed E-state index contributed by atoms with van der Waals surface area (Å²) in [6, 6.07) is 3.00. The van der Waals surface area contributed by atoms with E-state index in [-0.39, 0.29) is 24.6 Å². The average Bonchev–Trinajstić information content (AvgIpc) is 2.23. The van der Waals surface area contributed by atoms with Crippen LogP contribution in [0.2, 0.25) is 0 Å². The van der Waals surface area contributed by atoms with Gasteiger partial charge in [-0.25, -0.2) is 0 Å². The lowest BCUT2D eigenvalue weighted by atomic mass is 10.1. The van der Waals surface area contributed by atoms with Crippen LogP contribution in [-0.4, -0.2) is 27.7 Å². The Morgan fingerprint density at radius 1 is 1.53 bits per heavy atom. The first-order valence-electron chi connectivity index (χ1n) is 5.12. The molecular formula is C11H15BrN2O3. The summed E-state index contributed by atoms with van der Waals surface area (Å²) in [7, 11) is 0. The van der Waals surface area contributed by atoms with Crippen molar-refractivity contribution in [3.05, 3.63) is 33.2 Å². The topological polar surface area (TPSA) is 71.3 Å². The fraction of sp³-hybridized carbons (Fsp3) is 0.455. The molecule has 94 valence electrons. The minimum atomic E-state index is -0.688. The van der Waals surface area contributed by atoms with Crippen molar-refractivity contribution in [1.82, 2.24) is 9.88 Å². The number of hydrogen-bond donors (Lipinski definition) is 2. The van der Waals surface area contributed by atoms with Gasteiger partial charge < -0.3 is 15.0 Å². The van der Waals surface area contributed by atoms with E-state index in [1.54, 1.807) is 26.1 Å². The second kappa shape index (κ2) is 5.46. The fourth-order valence-corrected chi connectivity index (χ4v) is 1.62. The molecule has 1 aromatic heterocycles. The fourth-order valence-electron chi connectivity index (χ4n) is 1.24. The summed E-state index contributed by atoms with van der Waals surface area (Å²) >= 11 is 3.23. The zero-order valence-corrected chi connectivity index (χ0v) is 11.3. The van der Waals surface area contributed by atoms with Crippen molar-refractivity contribution in [2.24, 2.45) is 0 Å². The monoisotopic (exact) mass is 302 g/mol. The summed E-state index contributed by atoms with van der Waals surface area (Å²) in [6.45, 7) is 3.18. The van der Waals surface area contributed by atoms with Crippen molar-refractivity contribution in [2.45, 2.75) is 25.9 Å². The minimum absolute atomic E-state index is 0.0678. The molecule has 17 heavy (non-hydrogen) atoms. The number of hydrogen-bond acceptors (Lipinski definition) is 3. The van der Waals surface area contributed by atoms with E-state index in [4.69, 9.17) is 5.11 Å². The summed E-state index contributed by atoms with van der Waals surface area (Å²) in [5.74, 6) is -0.316. The molecule has 0 saturated carbocycles. The Hall–Kier alpha value is -1.14. The van der Waals surface area contributed by atoms with E-state index in [0.29, 0.717) is 0 Å². The van der Waals surface area contributed by atoms with Crippen LogP contribution in [-0.2, 0) is 11.3 Å². The number of aromatic nitrogens is 1. The molecule has 0 aliphatic heterocycles. The van der Waals surface area contributed by atoms with Gasteiger partial charge in [0, 0.05) is 16.7 Å². The van der Waals surface area contributed by atoms with Crippen LogP contribution in [0, 0.1) is 0 Å². The third-order valence-electron chi connectivity index (χ3n) is 2.13. The van der Waals surface area contributed by atoms with Crippen LogP contribution in [0.4, 0.5) is 0 Å². The molecule has 1 heterocycles. The lowest BCUT2D eigenvalue weighted by molar-refractivity contribution is -0.123. The van der Waals surface area contributed by atoms with Crippen LogP contribution >= 0.6 is 15.9 Å². The molecule has 5 nitrogen and oxygen atoms in total. The van der Waals surface area contributed by atoms with Gasteiger partial charge in [0.05, 0.1) is 12.1 Å². The maximum Gasteiger partial charge on any atom is 0.251 e. The predicted octanol–water partition coefficient (Wildman–Crippen LogP) is 0.498. The van der Waals surface area contributed by atoms with Gasteiger partial charge in [-0.2, -0.15) is 0 Å². The number of aliphatic hydroxyl groups is 1. The average molecular weight is 303 g/mol. The summed E-state index contributed by atoms with van der Waals surface area (Å²) in [6.07, 6.45) is 1.55. The van der Waals surface area contributed by atoms with E-state index in [1.807, 2.05) is 0 Å². The molecule has 1 aromatic rings. The molecule has 0 radical (unpaired) electrons. The normalized spacial score (nSPS) is 11.3. The Balaban J connectivity index is 2.75. The number of aliphatic hydroxyl groups excluding tert-OH is 1. The van der Waals surface area contributed by atoms with E-state index in [9.17, 15) is 9.59 Å². The highest BCUT2D eigenvalue weighted by molar-refractivity contribution is 9.10. The Kier molecular flexibility index (Phi) is 4.47. The van der Waals surface area contributed by atoms with Gasteiger partial charge in [-0.3, -0.25) is 9.59 Å². The molecule has 0 spiro atoms. The highest BCUT2D eigenvalue weighted by Crippen LogP contribution is 2.05. The molecule has 0 unspecified atom stereocenters. The molecule has 0 bridgehead atoms. The molecule has 6 heteroatoms. The van der Waals surface area contributed by atoms with Crippen molar-refractivity contribution in [3.8, 4) is 0 Å². The van der Waals surface area contributed by atoms with Crippen LogP contribution in [0.15, 0.2) is 27.6 Å². The van der Waals surface area contributed by atoms with Gasteiger partial charge in [-0.15, -0.1) is 0 Å². The largest absolute Gasteiger partial charge is 0.394 e. The quantitative estimate of drug-likeness (QED) is 0.851. The second-order valence-electron chi connectivity index (χ2n) is 4.40. The minimum Gasteiger partial charge on any atom is -0.394 e. The van der Waals surface area contributed by atoms with Gasteiger partial charge in [0.15, 0.2) is 0 Å². The first kappa shape index (κ1) is 13.9. The third-order valence-corrected chi connectivity index (χ3v) is 2.60. The van der Waals surface area contributed by atoms with E-state index in [2.05, 4.69) is 21.2 Å². The number of nitrogens with zero attached hydrogens (tertiary/aromatic N) is 1. The number of halogens is 1. The van der Waals surface area contributed by atoms with E-state index >= 15 is 0 Å². The van der Waals surface area contributed by atoms with Crippen molar-refractivity contribution >= 4 is 21.8 Å². The van der Waals surface area contributed by atoms with E-state index < -0.39 is 5.54 Å². The summed E-state index contributed by atoms with van der Waals surface area (Å²) in [4.78, 5) is 23.1. The zero-order valence-electron chi connectivity index (χ0n) is 9.74. The molecule has 1 rings (SSSR count). The summed E-state index contributed by atoms with van der Waals surface area (Å²) < 4.78 is 2.03. The summed E-state index contributed by atoms with van der Waals surface area (Å²) in [5, 5.41) is 11.7. The Bertz CT molecular complexity index is 468. The van der Waals surface area contributed by atoms with Gasteiger partial charge in [0.2, 0.25) is 5.91 Å². The number of pyridine rings is 1. The maximum atomic E-state index is 11.7. The summed E-state index contributed by atoms with van der Waals surface area (Å²) in [5.41, 5.74) is -0.933. The van der Waals surface area contributed by atoms with Crippen molar-refractivity contribution in [3.63, 3.8) is 0 Å². The number of carbonyl (C=O) groups is 1. The Labute approximate surface area is 108 Å². The number of carbonyl (C=O) groups excluding carboxylic acids is 1. The molecule has 1 amide bonds. The van der Waals surface area contributed by atoms with Gasteiger partial charge in [0.1, 0.15) is 6.54 Å². The zero-order chi connectivity index (χ0) is 13.1. The van der Waals surface area contributed by atoms with Gasteiger partial charge >= 0.3 is 0 Å². The van der Waals surface area contributed by atoms with Crippen LogP contribution < -0.4 is 10.9 Å². The first-order valence-corrected chi connectivity index (χ1v) is 5.91. The molecule has 0 atom stereocenters. The lowest BCUT2D eigenvalue weighted by Gasteiger charge is -2.23. The first-order chi connectivity index (χ1) is 7.84. The molecule has 0 aliphatic carbocycles. The van der Waals surface area contributed by atoms with Crippen LogP contribution in [0.3, 0.4) is 0 Å². The SMILES string of the molecule is CC(C)(CO)NC(=O)Cn1cc(Br)ccc1=O. The molecule has 0 aliphatic rings. The molecule has 0 aromatic carbocycles. The van der Waals surface area contributed by atoms with Gasteiger partial charge in [0.25, 0.3) is 5.56 Å². The van der Waals surface area contributed by atoms with Crippen molar-refractivity contribution in [2.75, 3.05) is 6.61 Å². The molecule has 0 fully saturated rings. The lowest BCUT2D eigenvalue weighted by Crippen LogP contribution is -2.48. The number of amides is 1. The van der Waals surface area contributed by atoms with Crippen molar-refractivity contribution in [1.29, 1.82) is 0 Å². The van der Waals surface area contributed by atoms with Crippen LogP contribution in [0.1, 0.15) is 13.8 Å². The highest BCUT2D eigenvalue weighted by atomic mass is 79.9. The second-order valence-corrected chi connectivity index (χ2v) is 5.32.